The van der Waals surface area contributed by atoms with E-state index < -0.39 is 11.4 Å². The molecule has 5 heteroatoms. The van der Waals surface area contributed by atoms with E-state index in [9.17, 15) is 4.79 Å². The van der Waals surface area contributed by atoms with Gasteiger partial charge in [-0.25, -0.2) is 0 Å². The average molecular weight is 218 g/mol. The minimum Gasteiger partial charge on any atom is -0.379 e. The molecule has 1 atom stereocenters. The second-order valence-corrected chi connectivity index (χ2v) is 3.80. The Morgan fingerprint density at radius 1 is 1.27 bits per heavy atom. The first-order valence-corrected chi connectivity index (χ1v) is 5.25. The van der Waals surface area contributed by atoms with E-state index >= 15 is 0 Å². The maximum atomic E-state index is 10.8. The average Bonchev–Trinajstić information content (AvgIpc) is 2.16. The van der Waals surface area contributed by atoms with Crippen molar-refractivity contribution in [2.45, 2.75) is 32.2 Å². The van der Waals surface area contributed by atoms with Gasteiger partial charge < -0.3 is 20.9 Å². The molecule has 0 aliphatic heterocycles. The molecule has 0 aromatic carbocycles. The van der Waals surface area contributed by atoms with Crippen molar-refractivity contribution in [1.29, 1.82) is 0 Å². The molecule has 4 N–H and O–H groups in total. The molecule has 0 aliphatic rings. The number of carbonyl (C=O) groups is 1. The van der Waals surface area contributed by atoms with Crippen LogP contribution < -0.4 is 11.5 Å². The van der Waals surface area contributed by atoms with Gasteiger partial charge in [0.05, 0.1) is 19.8 Å². The van der Waals surface area contributed by atoms with Gasteiger partial charge >= 0.3 is 0 Å². The highest BCUT2D eigenvalue weighted by Gasteiger charge is 2.25. The van der Waals surface area contributed by atoms with Crippen LogP contribution in [-0.2, 0) is 14.3 Å². The van der Waals surface area contributed by atoms with Gasteiger partial charge in [-0.3, -0.25) is 4.79 Å². The summed E-state index contributed by atoms with van der Waals surface area (Å²) in [5.41, 5.74) is 9.56. The van der Waals surface area contributed by atoms with Gasteiger partial charge in [0.15, 0.2) is 0 Å². The molecular formula is C10H22N2O3. The molecule has 15 heavy (non-hydrogen) atoms. The van der Waals surface area contributed by atoms with E-state index in [-0.39, 0.29) is 6.61 Å². The molecule has 1 unspecified atom stereocenters. The lowest BCUT2D eigenvalue weighted by atomic mass is 10.1. The number of ether oxygens (including phenoxy) is 2. The summed E-state index contributed by atoms with van der Waals surface area (Å²) < 4.78 is 10.5. The molecule has 0 aromatic heterocycles. The van der Waals surface area contributed by atoms with Gasteiger partial charge in [0.1, 0.15) is 5.54 Å². The van der Waals surface area contributed by atoms with Crippen LogP contribution in [0.4, 0.5) is 0 Å². The maximum Gasteiger partial charge on any atom is 0.239 e. The summed E-state index contributed by atoms with van der Waals surface area (Å²) in [6, 6.07) is 0. The quantitative estimate of drug-likeness (QED) is 0.534. The smallest absolute Gasteiger partial charge is 0.239 e. The van der Waals surface area contributed by atoms with Crippen LogP contribution in [0.1, 0.15) is 26.7 Å². The zero-order chi connectivity index (χ0) is 11.7. The van der Waals surface area contributed by atoms with Gasteiger partial charge in [-0.15, -0.1) is 0 Å². The van der Waals surface area contributed by atoms with Gasteiger partial charge in [-0.2, -0.15) is 0 Å². The van der Waals surface area contributed by atoms with Crippen molar-refractivity contribution >= 4 is 5.91 Å². The lowest BCUT2D eigenvalue weighted by Gasteiger charge is -2.19. The predicted octanol–water partition coefficient (Wildman–Crippen LogP) is 0.0224. The highest BCUT2D eigenvalue weighted by molar-refractivity contribution is 5.83. The Labute approximate surface area is 91.1 Å². The Kier molecular flexibility index (Phi) is 7.29. The number of hydrogen-bond donors (Lipinski definition) is 2. The Morgan fingerprint density at radius 2 is 1.87 bits per heavy atom. The molecule has 0 spiro atoms. The zero-order valence-corrected chi connectivity index (χ0v) is 9.62. The summed E-state index contributed by atoms with van der Waals surface area (Å²) in [6.07, 6.45) is 2.17. The monoisotopic (exact) mass is 218 g/mol. The fourth-order valence-corrected chi connectivity index (χ4v) is 0.822. The number of amides is 1. The molecule has 0 fully saturated rings. The van der Waals surface area contributed by atoms with Crippen molar-refractivity contribution in [2.24, 2.45) is 11.5 Å². The summed E-state index contributed by atoms with van der Waals surface area (Å²) in [5.74, 6) is -0.561. The predicted molar refractivity (Wildman–Crippen MR) is 58.3 cm³/mol. The third-order valence-corrected chi connectivity index (χ3v) is 1.98. The molecule has 0 aliphatic carbocycles. The van der Waals surface area contributed by atoms with Gasteiger partial charge in [-0.05, 0) is 13.3 Å². The van der Waals surface area contributed by atoms with Crippen LogP contribution in [0.25, 0.3) is 0 Å². The number of nitrogens with two attached hydrogens (primary N) is 2. The van der Waals surface area contributed by atoms with Crippen LogP contribution in [0.3, 0.4) is 0 Å². The van der Waals surface area contributed by atoms with Gasteiger partial charge in [-0.1, -0.05) is 13.3 Å². The molecule has 0 bridgehead atoms. The highest BCUT2D eigenvalue weighted by Crippen LogP contribution is 1.98. The van der Waals surface area contributed by atoms with Crippen LogP contribution in [-0.4, -0.2) is 37.9 Å². The van der Waals surface area contributed by atoms with E-state index in [4.69, 9.17) is 20.9 Å². The van der Waals surface area contributed by atoms with Crippen LogP contribution in [0, 0.1) is 0 Å². The molecule has 0 radical (unpaired) electrons. The Hall–Kier alpha value is -0.650. The van der Waals surface area contributed by atoms with Crippen molar-refractivity contribution in [2.75, 3.05) is 26.4 Å². The van der Waals surface area contributed by atoms with Crippen LogP contribution in [0.15, 0.2) is 0 Å². The standard InChI is InChI=1S/C10H22N2O3/c1-3-4-5-14-6-7-15-8-10(2,12)9(11)13/h3-8,12H2,1-2H3,(H2,11,13). The fourth-order valence-electron chi connectivity index (χ4n) is 0.822. The van der Waals surface area contributed by atoms with Gasteiger partial charge in [0, 0.05) is 6.61 Å². The molecule has 5 nitrogen and oxygen atoms in total. The maximum absolute atomic E-state index is 10.8. The molecule has 0 heterocycles. The lowest BCUT2D eigenvalue weighted by molar-refractivity contribution is -0.125. The first-order valence-electron chi connectivity index (χ1n) is 5.25. The van der Waals surface area contributed by atoms with Crippen molar-refractivity contribution in [3.63, 3.8) is 0 Å². The number of primary amides is 1. The molecular weight excluding hydrogens is 196 g/mol. The number of unbranched alkanes of at least 4 members (excludes halogenated alkanes) is 1. The Bertz CT molecular complexity index is 184. The van der Waals surface area contributed by atoms with E-state index in [0.717, 1.165) is 19.4 Å². The van der Waals surface area contributed by atoms with Crippen molar-refractivity contribution < 1.29 is 14.3 Å². The number of rotatable bonds is 9. The molecule has 0 rings (SSSR count). The summed E-state index contributed by atoms with van der Waals surface area (Å²) in [5, 5.41) is 0. The second kappa shape index (κ2) is 7.62. The molecule has 1 amide bonds. The van der Waals surface area contributed by atoms with E-state index in [1.165, 1.54) is 0 Å². The van der Waals surface area contributed by atoms with Crippen LogP contribution in [0.5, 0.6) is 0 Å². The minimum absolute atomic E-state index is 0.124. The normalized spacial score (nSPS) is 14.9. The van der Waals surface area contributed by atoms with E-state index in [2.05, 4.69) is 6.92 Å². The van der Waals surface area contributed by atoms with Gasteiger partial charge in [0.25, 0.3) is 0 Å². The summed E-state index contributed by atoms with van der Waals surface area (Å²) in [6.45, 7) is 5.48. The Morgan fingerprint density at radius 3 is 2.40 bits per heavy atom. The van der Waals surface area contributed by atoms with Gasteiger partial charge in [0.2, 0.25) is 5.91 Å². The SMILES string of the molecule is CCCCOCCOCC(C)(N)C(N)=O. The molecule has 0 saturated carbocycles. The minimum atomic E-state index is -1.09. The largest absolute Gasteiger partial charge is 0.379 e. The zero-order valence-electron chi connectivity index (χ0n) is 9.62. The van der Waals surface area contributed by atoms with E-state index in [1.807, 2.05) is 0 Å². The van der Waals surface area contributed by atoms with Crippen molar-refractivity contribution in [3.05, 3.63) is 0 Å². The highest BCUT2D eigenvalue weighted by atomic mass is 16.5. The first-order chi connectivity index (χ1) is 7.00. The topological polar surface area (TPSA) is 87.6 Å². The van der Waals surface area contributed by atoms with Crippen LogP contribution >= 0.6 is 0 Å². The summed E-state index contributed by atoms with van der Waals surface area (Å²) in [4.78, 5) is 10.8. The molecule has 0 aromatic rings. The van der Waals surface area contributed by atoms with Crippen molar-refractivity contribution in [3.8, 4) is 0 Å². The van der Waals surface area contributed by atoms with Crippen molar-refractivity contribution in [1.82, 2.24) is 0 Å². The lowest BCUT2D eigenvalue weighted by Crippen LogP contribution is -2.53. The number of hydrogen-bond acceptors (Lipinski definition) is 4. The summed E-state index contributed by atoms with van der Waals surface area (Å²) in [7, 11) is 0. The first kappa shape index (κ1) is 14.3. The molecule has 0 saturated heterocycles. The summed E-state index contributed by atoms with van der Waals surface area (Å²) >= 11 is 0. The second-order valence-electron chi connectivity index (χ2n) is 3.80. The number of carbonyl (C=O) groups excluding carboxylic acids is 1. The molecule has 90 valence electrons. The van der Waals surface area contributed by atoms with E-state index in [1.54, 1.807) is 6.92 Å². The third-order valence-electron chi connectivity index (χ3n) is 1.98. The van der Waals surface area contributed by atoms with E-state index in [0.29, 0.717) is 13.2 Å². The third kappa shape index (κ3) is 7.30. The van der Waals surface area contributed by atoms with Crippen LogP contribution in [0.2, 0.25) is 0 Å². The Balaban J connectivity index is 3.35. The fraction of sp³-hybridized carbons (Fsp3) is 0.900.